The third-order valence-corrected chi connectivity index (χ3v) is 6.37. The lowest BCUT2D eigenvalue weighted by atomic mass is 9.98. The monoisotopic (exact) mass is 533 g/mol. The summed E-state index contributed by atoms with van der Waals surface area (Å²) in [4.78, 5) is 64.0. The van der Waals surface area contributed by atoms with Crippen LogP contribution in [0.15, 0.2) is 30.5 Å². The number of rotatable bonds is 15. The van der Waals surface area contributed by atoms with E-state index in [9.17, 15) is 34.2 Å². The van der Waals surface area contributed by atoms with Gasteiger partial charge in [0.05, 0.1) is 12.6 Å². The maximum absolute atomic E-state index is 13.2. The Morgan fingerprint density at radius 1 is 0.947 bits per heavy atom. The minimum absolute atomic E-state index is 0.0327. The Bertz CT molecular complexity index is 1150. The molecule has 13 nitrogen and oxygen atoms in total. The molecule has 2 rings (SSSR count). The molecule has 208 valence electrons. The van der Waals surface area contributed by atoms with Gasteiger partial charge in [-0.05, 0) is 24.0 Å². The minimum Gasteiger partial charge on any atom is -0.481 e. The molecule has 5 unspecified atom stereocenters. The normalized spacial score (nSPS) is 15.1. The van der Waals surface area contributed by atoms with Gasteiger partial charge in [0.25, 0.3) is 0 Å². The first-order valence-electron chi connectivity index (χ1n) is 12.3. The number of hydrogen-bond donors (Lipinski definition) is 8. The molecule has 2 aromatic rings. The van der Waals surface area contributed by atoms with E-state index in [1.165, 1.54) is 0 Å². The molecule has 38 heavy (non-hydrogen) atoms. The number of amides is 3. The van der Waals surface area contributed by atoms with Crippen LogP contribution in [0.1, 0.15) is 38.7 Å². The molecule has 0 radical (unpaired) electrons. The molecule has 1 aromatic heterocycles. The van der Waals surface area contributed by atoms with Crippen LogP contribution >= 0.6 is 0 Å². The number of carbonyl (C=O) groups is 5. The number of carboxylic acids is 2. The average Bonchev–Trinajstić information content (AvgIpc) is 3.30. The first kappa shape index (κ1) is 30.3. The first-order valence-corrected chi connectivity index (χ1v) is 12.3. The SMILES string of the molecule is CCC(C)C(N)C(=O)NC(Cc1c[nH]c2ccccc12)C(=O)NC(CO)C(=O)NC(CCC(=O)O)C(=O)O. The van der Waals surface area contributed by atoms with Crippen LogP contribution in [0, 0.1) is 5.92 Å². The highest BCUT2D eigenvalue weighted by molar-refractivity contribution is 5.95. The molecule has 0 spiro atoms. The van der Waals surface area contributed by atoms with Crippen molar-refractivity contribution < 1.29 is 39.3 Å². The summed E-state index contributed by atoms with van der Waals surface area (Å²) < 4.78 is 0. The Morgan fingerprint density at radius 3 is 2.16 bits per heavy atom. The Balaban J connectivity index is 2.23. The number of aliphatic hydroxyl groups excluding tert-OH is 1. The molecule has 0 saturated carbocycles. The summed E-state index contributed by atoms with van der Waals surface area (Å²) >= 11 is 0. The fraction of sp³-hybridized carbons (Fsp3) is 0.480. The van der Waals surface area contributed by atoms with Crippen molar-refractivity contribution in [2.24, 2.45) is 11.7 Å². The lowest BCUT2D eigenvalue weighted by Gasteiger charge is -2.25. The van der Waals surface area contributed by atoms with Crippen LogP contribution in [-0.2, 0) is 30.4 Å². The van der Waals surface area contributed by atoms with Gasteiger partial charge in [-0.2, -0.15) is 0 Å². The molecule has 0 aliphatic carbocycles. The van der Waals surface area contributed by atoms with Gasteiger partial charge in [0.1, 0.15) is 18.1 Å². The molecule has 0 aliphatic heterocycles. The van der Waals surface area contributed by atoms with Crippen LogP contribution in [0.3, 0.4) is 0 Å². The number of fused-ring (bicyclic) bond motifs is 1. The lowest BCUT2D eigenvalue weighted by molar-refractivity contribution is -0.143. The van der Waals surface area contributed by atoms with Gasteiger partial charge in [-0.15, -0.1) is 0 Å². The van der Waals surface area contributed by atoms with E-state index in [0.717, 1.165) is 10.9 Å². The van der Waals surface area contributed by atoms with Crippen LogP contribution in [0.5, 0.6) is 0 Å². The summed E-state index contributed by atoms with van der Waals surface area (Å²) in [5.74, 6) is -5.26. The van der Waals surface area contributed by atoms with Gasteiger partial charge < -0.3 is 42.0 Å². The fourth-order valence-corrected chi connectivity index (χ4v) is 3.77. The van der Waals surface area contributed by atoms with Gasteiger partial charge in [-0.25, -0.2) is 4.79 Å². The molecule has 1 aromatic carbocycles. The largest absolute Gasteiger partial charge is 0.481 e. The van der Waals surface area contributed by atoms with Crippen molar-refractivity contribution in [3.8, 4) is 0 Å². The number of carbonyl (C=O) groups excluding carboxylic acids is 3. The third-order valence-electron chi connectivity index (χ3n) is 6.37. The van der Waals surface area contributed by atoms with Crippen molar-refractivity contribution >= 4 is 40.6 Å². The van der Waals surface area contributed by atoms with Gasteiger partial charge in [-0.1, -0.05) is 38.5 Å². The molecule has 13 heteroatoms. The highest BCUT2D eigenvalue weighted by atomic mass is 16.4. The number of nitrogens with two attached hydrogens (primary N) is 1. The van der Waals surface area contributed by atoms with Gasteiger partial charge in [0.15, 0.2) is 0 Å². The standard InChI is InChI=1S/C25H35N5O8/c1-3-13(2)21(26)24(36)29-18(10-14-11-27-16-7-5-4-6-15(14)16)22(34)30-19(12-31)23(35)28-17(25(37)38)8-9-20(32)33/h4-7,11,13,17-19,21,27,31H,3,8-10,12,26H2,1-2H3,(H,28,35)(H,29,36)(H,30,34)(H,32,33)(H,37,38). The van der Waals surface area contributed by atoms with E-state index < -0.39 is 73.3 Å². The van der Waals surface area contributed by atoms with Crippen molar-refractivity contribution in [2.45, 2.75) is 63.7 Å². The molecule has 1 heterocycles. The number of nitrogens with one attached hydrogen (secondary N) is 4. The quantitative estimate of drug-likeness (QED) is 0.147. The summed E-state index contributed by atoms with van der Waals surface area (Å²) in [6, 6.07) is 2.18. The van der Waals surface area contributed by atoms with Crippen molar-refractivity contribution in [1.82, 2.24) is 20.9 Å². The predicted molar refractivity (Wildman–Crippen MR) is 137 cm³/mol. The maximum Gasteiger partial charge on any atom is 0.326 e. The second-order valence-corrected chi connectivity index (χ2v) is 9.11. The van der Waals surface area contributed by atoms with Crippen LogP contribution in [0.2, 0.25) is 0 Å². The molecule has 3 amide bonds. The molecule has 0 fully saturated rings. The number of benzene rings is 1. The maximum atomic E-state index is 13.2. The summed E-state index contributed by atoms with van der Waals surface area (Å²) in [5.41, 5.74) is 7.57. The Kier molecular flexibility index (Phi) is 11.2. The number of aliphatic carboxylic acids is 2. The third kappa shape index (κ3) is 8.28. The van der Waals surface area contributed by atoms with Crippen molar-refractivity contribution in [3.05, 3.63) is 36.0 Å². The minimum atomic E-state index is -1.56. The molecular weight excluding hydrogens is 498 g/mol. The second-order valence-electron chi connectivity index (χ2n) is 9.11. The van der Waals surface area contributed by atoms with Crippen LogP contribution in [-0.4, -0.2) is 80.7 Å². The van der Waals surface area contributed by atoms with E-state index in [4.69, 9.17) is 10.8 Å². The van der Waals surface area contributed by atoms with E-state index in [1.807, 2.05) is 31.2 Å². The predicted octanol–water partition coefficient (Wildman–Crippen LogP) is -0.520. The van der Waals surface area contributed by atoms with Gasteiger partial charge >= 0.3 is 11.9 Å². The summed E-state index contributed by atoms with van der Waals surface area (Å²) in [6.07, 6.45) is 1.46. The van der Waals surface area contributed by atoms with Crippen molar-refractivity contribution in [3.63, 3.8) is 0 Å². The van der Waals surface area contributed by atoms with E-state index in [1.54, 1.807) is 13.1 Å². The van der Waals surface area contributed by atoms with Gasteiger partial charge in [0, 0.05) is 29.9 Å². The zero-order chi connectivity index (χ0) is 28.4. The molecule has 5 atom stereocenters. The number of aromatic nitrogens is 1. The molecule has 0 saturated heterocycles. The second kappa shape index (κ2) is 14.1. The topological polar surface area (TPSA) is 224 Å². The van der Waals surface area contributed by atoms with Crippen LogP contribution in [0.4, 0.5) is 0 Å². The summed E-state index contributed by atoms with van der Waals surface area (Å²) in [5, 5.41) is 35.8. The van der Waals surface area contributed by atoms with Gasteiger partial charge in [0.2, 0.25) is 17.7 Å². The number of H-pyrrole nitrogens is 1. The number of para-hydroxylation sites is 1. The zero-order valence-electron chi connectivity index (χ0n) is 21.3. The highest BCUT2D eigenvalue weighted by Gasteiger charge is 2.31. The Morgan fingerprint density at radius 2 is 1.55 bits per heavy atom. The summed E-state index contributed by atoms with van der Waals surface area (Å²) in [7, 11) is 0. The number of aromatic amines is 1. The van der Waals surface area contributed by atoms with Crippen molar-refractivity contribution in [1.29, 1.82) is 0 Å². The Hall–Kier alpha value is -3.97. The molecule has 0 bridgehead atoms. The average molecular weight is 534 g/mol. The molecule has 9 N–H and O–H groups in total. The molecular formula is C25H35N5O8. The molecule has 0 aliphatic rings. The van der Waals surface area contributed by atoms with E-state index >= 15 is 0 Å². The fourth-order valence-electron chi connectivity index (χ4n) is 3.77. The van der Waals surface area contributed by atoms with E-state index in [0.29, 0.717) is 12.0 Å². The van der Waals surface area contributed by atoms with Crippen LogP contribution in [0.25, 0.3) is 10.9 Å². The lowest BCUT2D eigenvalue weighted by Crippen LogP contribution is -2.59. The zero-order valence-corrected chi connectivity index (χ0v) is 21.3. The highest BCUT2D eigenvalue weighted by Crippen LogP contribution is 2.19. The smallest absolute Gasteiger partial charge is 0.326 e. The first-order chi connectivity index (χ1) is 18.0. The van der Waals surface area contributed by atoms with Crippen LogP contribution < -0.4 is 21.7 Å². The van der Waals surface area contributed by atoms with E-state index in [-0.39, 0.29) is 12.3 Å². The van der Waals surface area contributed by atoms with E-state index in [2.05, 4.69) is 20.9 Å². The summed E-state index contributed by atoms with van der Waals surface area (Å²) in [6.45, 7) is 2.80. The number of hydrogen-bond acceptors (Lipinski definition) is 7. The number of aliphatic hydroxyl groups is 1. The number of carboxylic acid groups (broad SMARTS) is 2. The van der Waals surface area contributed by atoms with Crippen molar-refractivity contribution in [2.75, 3.05) is 6.61 Å². The van der Waals surface area contributed by atoms with Gasteiger partial charge in [-0.3, -0.25) is 19.2 Å². The Labute approximate surface area is 219 Å².